The third-order valence-electron chi connectivity index (χ3n) is 6.20. The topological polar surface area (TPSA) is 49.4 Å². The van der Waals surface area contributed by atoms with Crippen molar-refractivity contribution in [3.8, 4) is 0 Å². The van der Waals surface area contributed by atoms with Gasteiger partial charge in [-0.05, 0) is 66.1 Å². The maximum atomic E-state index is 13.5. The minimum absolute atomic E-state index is 0.112. The number of halogens is 1. The molecule has 4 nitrogen and oxygen atoms in total. The quantitative estimate of drug-likeness (QED) is 0.285. The van der Waals surface area contributed by atoms with E-state index in [1.165, 1.54) is 23.9 Å². The Kier molecular flexibility index (Phi) is 7.19. The van der Waals surface area contributed by atoms with E-state index in [0.29, 0.717) is 17.0 Å². The van der Waals surface area contributed by atoms with Gasteiger partial charge in [0.15, 0.2) is 0 Å². The summed E-state index contributed by atoms with van der Waals surface area (Å²) in [6.45, 7) is 2.29. The van der Waals surface area contributed by atoms with Gasteiger partial charge in [-0.2, -0.15) is 0 Å². The molecular weight excluding hydrogens is 483 g/mol. The van der Waals surface area contributed by atoms with Crippen LogP contribution < -0.4 is 10.2 Å². The summed E-state index contributed by atoms with van der Waals surface area (Å²) in [5, 5.41) is 3.02. The Balaban J connectivity index is 1.35. The van der Waals surface area contributed by atoms with E-state index in [1.807, 2.05) is 79.7 Å². The molecule has 1 unspecified atom stereocenters. The summed E-state index contributed by atoms with van der Waals surface area (Å²) < 4.78 is 13.4. The summed E-state index contributed by atoms with van der Waals surface area (Å²) in [5.41, 5.74) is 4.09. The van der Waals surface area contributed by atoms with Gasteiger partial charge in [0.2, 0.25) is 0 Å². The number of nitrogens with one attached hydrogen (secondary N) is 1. The van der Waals surface area contributed by atoms with Crippen molar-refractivity contribution in [3.05, 3.63) is 136 Å². The largest absolute Gasteiger partial charge is 0.346 e. The molecule has 2 amide bonds. The molecule has 1 atom stereocenters. The normalized spacial score (nSPS) is 14.8. The number of anilines is 1. The number of carbonyl (C=O) groups is 2. The molecule has 1 aliphatic rings. The van der Waals surface area contributed by atoms with E-state index in [-0.39, 0.29) is 23.7 Å². The lowest BCUT2D eigenvalue weighted by molar-refractivity contribution is -0.114. The van der Waals surface area contributed by atoms with Crippen LogP contribution in [0, 0.1) is 5.82 Å². The van der Waals surface area contributed by atoms with Gasteiger partial charge in [-0.25, -0.2) is 4.39 Å². The lowest BCUT2D eigenvalue weighted by Gasteiger charge is -2.30. The van der Waals surface area contributed by atoms with Crippen molar-refractivity contribution < 1.29 is 14.0 Å². The maximum Gasteiger partial charge on any atom is 0.265 e. The van der Waals surface area contributed by atoms with Gasteiger partial charge in [0, 0.05) is 10.5 Å². The van der Waals surface area contributed by atoms with E-state index >= 15 is 0 Å². The van der Waals surface area contributed by atoms with Gasteiger partial charge in [-0.15, -0.1) is 0 Å². The molecule has 4 aromatic rings. The summed E-state index contributed by atoms with van der Waals surface area (Å²) in [6, 6.07) is 30.9. The fraction of sp³-hybridized carbons (Fsp3) is 0.0968. The average Bonchev–Trinajstić information content (AvgIpc) is 2.93. The summed E-state index contributed by atoms with van der Waals surface area (Å²) in [4.78, 5) is 29.5. The number of carbonyl (C=O) groups excluding carboxylic acids is 2. The molecule has 0 aliphatic carbocycles. The van der Waals surface area contributed by atoms with Crippen LogP contribution in [0.4, 0.5) is 10.1 Å². The molecule has 1 aliphatic heterocycles. The molecule has 37 heavy (non-hydrogen) atoms. The van der Waals surface area contributed by atoms with E-state index in [9.17, 15) is 14.0 Å². The van der Waals surface area contributed by atoms with Gasteiger partial charge in [0.1, 0.15) is 5.82 Å². The molecule has 0 bridgehead atoms. The second kappa shape index (κ2) is 10.8. The minimum Gasteiger partial charge on any atom is -0.346 e. The smallest absolute Gasteiger partial charge is 0.265 e. The molecule has 0 saturated heterocycles. The molecule has 1 heterocycles. The highest BCUT2D eigenvalue weighted by molar-refractivity contribution is 8.04. The third kappa shape index (κ3) is 5.65. The number of para-hydroxylation sites is 1. The van der Waals surface area contributed by atoms with Crippen molar-refractivity contribution in [3.63, 3.8) is 0 Å². The first-order valence-corrected chi connectivity index (χ1v) is 12.8. The molecule has 0 spiro atoms. The monoisotopic (exact) mass is 508 g/mol. The zero-order chi connectivity index (χ0) is 25.8. The average molecular weight is 509 g/mol. The molecule has 6 heteroatoms. The Bertz CT molecular complexity index is 1450. The maximum absolute atomic E-state index is 13.5. The Labute approximate surface area is 219 Å². The molecule has 1 N–H and O–H groups in total. The van der Waals surface area contributed by atoms with Crippen LogP contribution in [0.3, 0.4) is 0 Å². The Morgan fingerprint density at radius 2 is 1.59 bits per heavy atom. The zero-order valence-corrected chi connectivity index (χ0v) is 21.0. The lowest BCUT2D eigenvalue weighted by Crippen LogP contribution is -2.33. The summed E-state index contributed by atoms with van der Waals surface area (Å²) in [6.07, 6.45) is 1.84. The molecule has 5 rings (SSSR count). The SMILES string of the molecule is CC(NC(=O)c1ccc(C=C2Sc3ccccc3N(Cc3ccc(F)cc3)C2=O)cc1)c1ccccc1. The molecule has 0 fully saturated rings. The van der Waals surface area contributed by atoms with Gasteiger partial charge in [-0.3, -0.25) is 9.59 Å². The summed E-state index contributed by atoms with van der Waals surface area (Å²) in [7, 11) is 0. The van der Waals surface area contributed by atoms with E-state index in [2.05, 4.69) is 5.32 Å². The van der Waals surface area contributed by atoms with E-state index in [1.54, 1.807) is 29.2 Å². The molecule has 4 aromatic carbocycles. The van der Waals surface area contributed by atoms with E-state index in [0.717, 1.165) is 27.3 Å². The van der Waals surface area contributed by atoms with Crippen molar-refractivity contribution >= 4 is 35.3 Å². The lowest BCUT2D eigenvalue weighted by atomic mass is 10.1. The van der Waals surface area contributed by atoms with E-state index in [4.69, 9.17) is 0 Å². The number of thioether (sulfide) groups is 1. The first-order valence-electron chi connectivity index (χ1n) is 12.0. The Morgan fingerprint density at radius 3 is 2.32 bits per heavy atom. The number of benzene rings is 4. The first kappa shape index (κ1) is 24.5. The van der Waals surface area contributed by atoms with Gasteiger partial charge in [0.05, 0.1) is 23.2 Å². The van der Waals surface area contributed by atoms with Crippen molar-refractivity contribution in [1.29, 1.82) is 0 Å². The fourth-order valence-corrected chi connectivity index (χ4v) is 5.24. The molecule has 0 radical (unpaired) electrons. The van der Waals surface area contributed by atoms with Crippen LogP contribution in [0.1, 0.15) is 40.0 Å². The van der Waals surface area contributed by atoms with Gasteiger partial charge in [-0.1, -0.05) is 78.5 Å². The highest BCUT2D eigenvalue weighted by Crippen LogP contribution is 2.42. The second-order valence-electron chi connectivity index (χ2n) is 8.82. The number of amides is 2. The number of hydrogen-bond acceptors (Lipinski definition) is 3. The van der Waals surface area contributed by atoms with Gasteiger partial charge in [0.25, 0.3) is 11.8 Å². The standard InChI is InChI=1S/C31H25FN2O2S/c1-21(24-7-3-2-4-8-24)33-30(35)25-15-11-22(12-16-25)19-29-31(36)34(20-23-13-17-26(32)18-14-23)27-9-5-6-10-28(27)37-29/h2-19,21H,20H2,1H3,(H,33,35). The number of fused-ring (bicyclic) bond motifs is 1. The second-order valence-corrected chi connectivity index (χ2v) is 9.91. The van der Waals surface area contributed by atoms with Crippen molar-refractivity contribution in [2.45, 2.75) is 24.4 Å². The van der Waals surface area contributed by atoms with Crippen LogP contribution in [0.2, 0.25) is 0 Å². The molecule has 184 valence electrons. The predicted octanol–water partition coefficient (Wildman–Crippen LogP) is 7.00. The van der Waals surface area contributed by atoms with Gasteiger partial charge < -0.3 is 10.2 Å². The molecule has 0 aromatic heterocycles. The Morgan fingerprint density at radius 1 is 0.919 bits per heavy atom. The minimum atomic E-state index is -0.308. The van der Waals surface area contributed by atoms with Crippen LogP contribution >= 0.6 is 11.8 Å². The van der Waals surface area contributed by atoms with Crippen LogP contribution in [0.5, 0.6) is 0 Å². The van der Waals surface area contributed by atoms with Crippen LogP contribution in [-0.2, 0) is 11.3 Å². The van der Waals surface area contributed by atoms with E-state index < -0.39 is 0 Å². The Hall–Kier alpha value is -4.16. The van der Waals surface area contributed by atoms with Crippen molar-refractivity contribution in [2.24, 2.45) is 0 Å². The fourth-order valence-electron chi connectivity index (χ4n) is 4.18. The van der Waals surface area contributed by atoms with Crippen LogP contribution in [0.25, 0.3) is 6.08 Å². The van der Waals surface area contributed by atoms with Crippen molar-refractivity contribution in [2.75, 3.05) is 4.90 Å². The molecule has 0 saturated carbocycles. The predicted molar refractivity (Wildman–Crippen MR) is 147 cm³/mol. The van der Waals surface area contributed by atoms with Gasteiger partial charge >= 0.3 is 0 Å². The van der Waals surface area contributed by atoms with Crippen LogP contribution in [-0.4, -0.2) is 11.8 Å². The number of rotatable bonds is 6. The number of hydrogen-bond donors (Lipinski definition) is 1. The summed E-state index contributed by atoms with van der Waals surface area (Å²) in [5.74, 6) is -0.582. The zero-order valence-electron chi connectivity index (χ0n) is 20.2. The highest BCUT2D eigenvalue weighted by atomic mass is 32.2. The van der Waals surface area contributed by atoms with Crippen molar-refractivity contribution in [1.82, 2.24) is 5.32 Å². The molecular formula is C31H25FN2O2S. The first-order chi connectivity index (χ1) is 18.0. The highest BCUT2D eigenvalue weighted by Gasteiger charge is 2.29. The third-order valence-corrected chi connectivity index (χ3v) is 7.28. The summed E-state index contributed by atoms with van der Waals surface area (Å²) >= 11 is 1.42. The number of nitrogens with zero attached hydrogens (tertiary/aromatic N) is 1. The van der Waals surface area contributed by atoms with Crippen LogP contribution in [0.15, 0.2) is 113 Å².